The van der Waals surface area contributed by atoms with E-state index in [9.17, 15) is 9.59 Å². The number of carbonyl (C=O) groups excluding carboxylic acids is 2. The highest BCUT2D eigenvalue weighted by molar-refractivity contribution is 5.88. The molecule has 8 nitrogen and oxygen atoms in total. The third kappa shape index (κ3) is 5.48. The molecule has 1 aromatic carbocycles. The predicted octanol–water partition coefficient (Wildman–Crippen LogP) is 2.90. The van der Waals surface area contributed by atoms with Crippen LogP contribution in [0.2, 0.25) is 0 Å². The van der Waals surface area contributed by atoms with Crippen LogP contribution in [0.15, 0.2) is 36.4 Å². The third-order valence-electron chi connectivity index (χ3n) is 4.78. The number of hydrogen-bond acceptors (Lipinski definition) is 4. The Morgan fingerprint density at radius 3 is 2.79 bits per heavy atom. The van der Waals surface area contributed by atoms with Gasteiger partial charge in [-0.3, -0.25) is 10.00 Å². The molecule has 2 N–H and O–H groups in total. The van der Waals surface area contributed by atoms with Crippen molar-refractivity contribution in [2.24, 2.45) is 13.0 Å². The fraction of sp³-hybridized carbons (Fsp3) is 0.450. The number of nitrogens with zero attached hydrogens (tertiary/aromatic N) is 3. The largest absolute Gasteiger partial charge is 0.445 e. The number of hydrogen-bond donors (Lipinski definition) is 2. The van der Waals surface area contributed by atoms with E-state index in [2.05, 4.69) is 15.7 Å². The highest BCUT2D eigenvalue weighted by Crippen LogP contribution is 2.17. The zero-order valence-corrected chi connectivity index (χ0v) is 16.4. The first kappa shape index (κ1) is 19.7. The molecule has 0 saturated carbocycles. The molecule has 0 radical (unpaired) electrons. The molecule has 3 amide bonds. The van der Waals surface area contributed by atoms with Crippen LogP contribution in [0.5, 0.6) is 0 Å². The van der Waals surface area contributed by atoms with Crippen molar-refractivity contribution in [1.82, 2.24) is 20.0 Å². The average molecular weight is 385 g/mol. The lowest BCUT2D eigenvalue weighted by atomic mass is 9.98. The summed E-state index contributed by atoms with van der Waals surface area (Å²) in [6.07, 6.45) is 1.56. The highest BCUT2D eigenvalue weighted by Gasteiger charge is 2.25. The van der Waals surface area contributed by atoms with Crippen molar-refractivity contribution in [1.29, 1.82) is 0 Å². The van der Waals surface area contributed by atoms with E-state index in [0.717, 1.165) is 24.1 Å². The minimum absolute atomic E-state index is 0.206. The topological polar surface area (TPSA) is 88.5 Å². The number of nitrogens with one attached hydrogen (secondary N) is 2. The lowest BCUT2D eigenvalue weighted by Crippen LogP contribution is -2.44. The van der Waals surface area contributed by atoms with Crippen LogP contribution >= 0.6 is 0 Å². The first-order chi connectivity index (χ1) is 13.5. The number of aryl methyl sites for hydroxylation is 2. The molecule has 1 aliphatic rings. The van der Waals surface area contributed by atoms with Crippen LogP contribution in [0.25, 0.3) is 0 Å². The Hall–Kier alpha value is -3.03. The zero-order valence-electron chi connectivity index (χ0n) is 16.4. The van der Waals surface area contributed by atoms with Crippen molar-refractivity contribution < 1.29 is 14.3 Å². The van der Waals surface area contributed by atoms with Gasteiger partial charge in [-0.2, -0.15) is 5.10 Å². The third-order valence-corrected chi connectivity index (χ3v) is 4.78. The van der Waals surface area contributed by atoms with Crippen molar-refractivity contribution in [3.05, 3.63) is 47.7 Å². The number of likely N-dealkylation sites (tertiary alicyclic amines) is 1. The minimum Gasteiger partial charge on any atom is -0.445 e. The van der Waals surface area contributed by atoms with Gasteiger partial charge in [0, 0.05) is 32.7 Å². The van der Waals surface area contributed by atoms with Crippen LogP contribution in [0.3, 0.4) is 0 Å². The van der Waals surface area contributed by atoms with Crippen molar-refractivity contribution in [3.63, 3.8) is 0 Å². The van der Waals surface area contributed by atoms with E-state index in [0.29, 0.717) is 25.5 Å². The number of ether oxygens (including phenoxy) is 1. The van der Waals surface area contributed by atoms with Gasteiger partial charge in [-0.1, -0.05) is 30.3 Å². The summed E-state index contributed by atoms with van der Waals surface area (Å²) in [5, 5.41) is 9.87. The van der Waals surface area contributed by atoms with Gasteiger partial charge >= 0.3 is 12.1 Å². The van der Waals surface area contributed by atoms with Gasteiger partial charge in [0.05, 0.1) is 5.69 Å². The maximum Gasteiger partial charge on any atom is 0.410 e. The second kappa shape index (κ2) is 9.25. The molecule has 0 aliphatic carbocycles. The molecule has 0 spiro atoms. The number of anilines is 1. The van der Waals surface area contributed by atoms with Gasteiger partial charge in [0.2, 0.25) is 0 Å². The smallest absolute Gasteiger partial charge is 0.410 e. The Morgan fingerprint density at radius 1 is 1.29 bits per heavy atom. The molecule has 1 fully saturated rings. The SMILES string of the molecule is Cc1cc(NC(=O)NC[C@@H]2CCCN(C(=O)OCc3ccccc3)C2)n(C)n1. The fourth-order valence-electron chi connectivity index (χ4n) is 3.33. The van der Waals surface area contributed by atoms with Crippen molar-refractivity contribution in [2.45, 2.75) is 26.4 Å². The first-order valence-electron chi connectivity index (χ1n) is 9.52. The second-order valence-electron chi connectivity index (χ2n) is 7.12. The van der Waals surface area contributed by atoms with Gasteiger partial charge in [0.1, 0.15) is 12.4 Å². The molecular weight excluding hydrogens is 358 g/mol. The number of aromatic nitrogens is 2. The Kier molecular flexibility index (Phi) is 6.52. The van der Waals surface area contributed by atoms with Gasteiger partial charge in [-0.05, 0) is 31.2 Å². The minimum atomic E-state index is -0.302. The summed E-state index contributed by atoms with van der Waals surface area (Å²) in [7, 11) is 1.78. The number of piperidine rings is 1. The molecule has 0 unspecified atom stereocenters. The lowest BCUT2D eigenvalue weighted by Gasteiger charge is -2.32. The Labute approximate surface area is 164 Å². The number of rotatable bonds is 5. The quantitative estimate of drug-likeness (QED) is 0.828. The molecule has 1 aromatic heterocycles. The summed E-state index contributed by atoms with van der Waals surface area (Å²) in [4.78, 5) is 26.2. The molecule has 1 aliphatic heterocycles. The highest BCUT2D eigenvalue weighted by atomic mass is 16.6. The average Bonchev–Trinajstić information content (AvgIpc) is 3.02. The summed E-state index contributed by atoms with van der Waals surface area (Å²) < 4.78 is 7.04. The first-order valence-corrected chi connectivity index (χ1v) is 9.52. The van der Waals surface area contributed by atoms with Gasteiger partial charge in [-0.25, -0.2) is 9.59 Å². The monoisotopic (exact) mass is 385 g/mol. The summed E-state index contributed by atoms with van der Waals surface area (Å²) in [6.45, 7) is 3.91. The van der Waals surface area contributed by atoms with E-state index in [1.54, 1.807) is 16.6 Å². The van der Waals surface area contributed by atoms with Crippen molar-refractivity contribution in [2.75, 3.05) is 25.0 Å². The molecule has 3 rings (SSSR count). The van der Waals surface area contributed by atoms with Gasteiger partial charge in [-0.15, -0.1) is 0 Å². The maximum atomic E-state index is 12.3. The predicted molar refractivity (Wildman–Crippen MR) is 106 cm³/mol. The van der Waals surface area contributed by atoms with Crippen LogP contribution < -0.4 is 10.6 Å². The number of urea groups is 1. The molecule has 150 valence electrons. The second-order valence-corrected chi connectivity index (χ2v) is 7.12. The van der Waals surface area contributed by atoms with Gasteiger partial charge in [0.25, 0.3) is 0 Å². The summed E-state index contributed by atoms with van der Waals surface area (Å²) >= 11 is 0. The molecule has 0 bridgehead atoms. The molecule has 2 heterocycles. The molecular formula is C20H27N5O3. The van der Waals surface area contributed by atoms with Crippen LogP contribution in [0.1, 0.15) is 24.1 Å². The summed E-state index contributed by atoms with van der Waals surface area (Å²) in [5.74, 6) is 0.849. The lowest BCUT2D eigenvalue weighted by molar-refractivity contribution is 0.0793. The summed E-state index contributed by atoms with van der Waals surface area (Å²) in [6, 6.07) is 11.2. The number of amides is 3. The summed E-state index contributed by atoms with van der Waals surface area (Å²) in [5.41, 5.74) is 1.81. The Balaban J connectivity index is 1.42. The van der Waals surface area contributed by atoms with E-state index < -0.39 is 0 Å². The number of benzene rings is 1. The van der Waals surface area contributed by atoms with Crippen LogP contribution in [0.4, 0.5) is 15.4 Å². The van der Waals surface area contributed by atoms with E-state index >= 15 is 0 Å². The van der Waals surface area contributed by atoms with E-state index in [-0.39, 0.29) is 24.6 Å². The van der Waals surface area contributed by atoms with E-state index in [1.165, 1.54) is 0 Å². The maximum absolute atomic E-state index is 12.3. The van der Waals surface area contributed by atoms with E-state index in [4.69, 9.17) is 4.74 Å². The van der Waals surface area contributed by atoms with Crippen LogP contribution in [-0.2, 0) is 18.4 Å². The Morgan fingerprint density at radius 2 is 2.07 bits per heavy atom. The van der Waals surface area contributed by atoms with Crippen molar-refractivity contribution in [3.8, 4) is 0 Å². The molecule has 1 atom stereocenters. The molecule has 28 heavy (non-hydrogen) atoms. The van der Waals surface area contributed by atoms with Gasteiger partial charge in [0.15, 0.2) is 0 Å². The van der Waals surface area contributed by atoms with Crippen LogP contribution in [-0.4, -0.2) is 46.4 Å². The normalized spacial score (nSPS) is 16.5. The molecule has 8 heteroatoms. The number of carbonyl (C=O) groups is 2. The van der Waals surface area contributed by atoms with Crippen LogP contribution in [0, 0.1) is 12.8 Å². The Bertz CT molecular complexity index is 805. The zero-order chi connectivity index (χ0) is 19.9. The molecule has 1 saturated heterocycles. The van der Waals surface area contributed by atoms with Gasteiger partial charge < -0.3 is 15.0 Å². The standard InChI is InChI=1S/C20H27N5O3/c1-15-11-18(24(2)23-15)22-19(26)21-12-17-9-6-10-25(13-17)20(27)28-14-16-7-4-3-5-8-16/h3-5,7-8,11,17H,6,9-10,12-14H2,1-2H3,(H2,21,22,26)/t17-/m0/s1. The fourth-order valence-corrected chi connectivity index (χ4v) is 3.33. The van der Waals surface area contributed by atoms with Crippen molar-refractivity contribution >= 4 is 17.9 Å². The molecule has 2 aromatic rings. The van der Waals surface area contributed by atoms with E-state index in [1.807, 2.05) is 43.3 Å².